The molecule has 5 heteroatoms. The fourth-order valence-electron chi connectivity index (χ4n) is 2.76. The second-order valence-corrected chi connectivity index (χ2v) is 8.55. The van der Waals surface area contributed by atoms with Gasteiger partial charge in [-0.05, 0) is 42.0 Å². The van der Waals surface area contributed by atoms with Crippen molar-refractivity contribution in [3.05, 3.63) is 59.7 Å². The molecule has 0 aromatic heterocycles. The van der Waals surface area contributed by atoms with E-state index in [2.05, 4.69) is 12.1 Å². The van der Waals surface area contributed by atoms with Crippen LogP contribution in [0.3, 0.4) is 0 Å². The number of thioether (sulfide) groups is 2. The number of Topliss-reactive ketones (excluding diaryl/α,β-unsaturated/α-hetero) is 1. The summed E-state index contributed by atoms with van der Waals surface area (Å²) in [6.07, 6.45) is 0.487. The van der Waals surface area contributed by atoms with Gasteiger partial charge < -0.3 is 9.47 Å². The van der Waals surface area contributed by atoms with Crippen LogP contribution in [0.5, 0.6) is 11.5 Å². The van der Waals surface area contributed by atoms with Crippen LogP contribution in [0.15, 0.2) is 48.5 Å². The number of benzene rings is 2. The van der Waals surface area contributed by atoms with Crippen molar-refractivity contribution in [3.63, 3.8) is 0 Å². The Balaban J connectivity index is 1.83. The standard InChI is InChI=1S/C19H20O3S2/c1-21-16-7-3-14(4-8-16)18(20)13-19(23-11-12-24-19)15-5-9-17(22-2)10-6-15/h3-10H,11-13H2,1-2H3. The van der Waals surface area contributed by atoms with E-state index in [1.165, 1.54) is 5.56 Å². The van der Waals surface area contributed by atoms with Gasteiger partial charge in [0.2, 0.25) is 0 Å². The molecule has 2 aromatic rings. The molecule has 1 fully saturated rings. The lowest BCUT2D eigenvalue weighted by atomic mass is 10.0. The van der Waals surface area contributed by atoms with Gasteiger partial charge in [0.05, 0.1) is 18.3 Å². The van der Waals surface area contributed by atoms with Crippen LogP contribution in [-0.4, -0.2) is 31.5 Å². The Labute approximate surface area is 151 Å². The van der Waals surface area contributed by atoms with Gasteiger partial charge in [-0.25, -0.2) is 0 Å². The number of ether oxygens (including phenoxy) is 2. The van der Waals surface area contributed by atoms with E-state index < -0.39 is 0 Å². The molecule has 1 heterocycles. The fraction of sp³-hybridized carbons (Fsp3) is 0.316. The highest BCUT2D eigenvalue weighted by Gasteiger charge is 2.39. The van der Waals surface area contributed by atoms with Gasteiger partial charge in [0, 0.05) is 23.5 Å². The summed E-state index contributed by atoms with van der Waals surface area (Å²) in [5.41, 5.74) is 1.91. The fourth-order valence-corrected chi connectivity index (χ4v) is 5.99. The quantitative estimate of drug-likeness (QED) is 0.703. The third-order valence-corrected chi connectivity index (χ3v) is 7.56. The van der Waals surface area contributed by atoms with E-state index in [1.807, 2.05) is 59.9 Å². The molecule has 1 aliphatic rings. The molecule has 126 valence electrons. The molecule has 0 N–H and O–H groups in total. The molecule has 0 atom stereocenters. The highest BCUT2D eigenvalue weighted by atomic mass is 32.2. The van der Waals surface area contributed by atoms with Crippen molar-refractivity contribution >= 4 is 29.3 Å². The van der Waals surface area contributed by atoms with Crippen molar-refractivity contribution in [2.24, 2.45) is 0 Å². The van der Waals surface area contributed by atoms with E-state index in [0.29, 0.717) is 6.42 Å². The van der Waals surface area contributed by atoms with Gasteiger partial charge >= 0.3 is 0 Å². The second kappa shape index (κ2) is 7.53. The van der Waals surface area contributed by atoms with Gasteiger partial charge in [-0.15, -0.1) is 23.5 Å². The first-order valence-electron chi connectivity index (χ1n) is 7.76. The van der Waals surface area contributed by atoms with E-state index in [4.69, 9.17) is 9.47 Å². The normalized spacial score (nSPS) is 15.9. The number of carbonyl (C=O) groups excluding carboxylic acids is 1. The van der Waals surface area contributed by atoms with Crippen molar-refractivity contribution in [3.8, 4) is 11.5 Å². The van der Waals surface area contributed by atoms with Gasteiger partial charge in [0.1, 0.15) is 11.5 Å². The van der Waals surface area contributed by atoms with Crippen molar-refractivity contribution in [1.29, 1.82) is 0 Å². The van der Waals surface area contributed by atoms with Crippen molar-refractivity contribution in [2.45, 2.75) is 10.5 Å². The number of hydrogen-bond acceptors (Lipinski definition) is 5. The third kappa shape index (κ3) is 3.57. The minimum atomic E-state index is -0.205. The summed E-state index contributed by atoms with van der Waals surface area (Å²) >= 11 is 3.73. The van der Waals surface area contributed by atoms with Crippen LogP contribution in [0, 0.1) is 0 Å². The molecular weight excluding hydrogens is 340 g/mol. The molecule has 3 nitrogen and oxygen atoms in total. The Morgan fingerprint density at radius 3 is 1.92 bits per heavy atom. The first-order chi connectivity index (χ1) is 11.7. The Bertz CT molecular complexity index is 690. The van der Waals surface area contributed by atoms with Crippen LogP contribution in [0.25, 0.3) is 0 Å². The third-order valence-electron chi connectivity index (χ3n) is 4.09. The van der Waals surface area contributed by atoms with Gasteiger partial charge in [-0.1, -0.05) is 12.1 Å². The molecule has 0 amide bonds. The minimum absolute atomic E-state index is 0.162. The highest BCUT2D eigenvalue weighted by Crippen LogP contribution is 2.54. The lowest BCUT2D eigenvalue weighted by Crippen LogP contribution is -2.20. The molecule has 24 heavy (non-hydrogen) atoms. The summed E-state index contributed by atoms with van der Waals surface area (Å²) in [5.74, 6) is 3.89. The first kappa shape index (κ1) is 17.2. The van der Waals surface area contributed by atoms with E-state index in [-0.39, 0.29) is 9.86 Å². The number of methoxy groups -OCH3 is 2. The molecule has 0 aliphatic carbocycles. The Morgan fingerprint density at radius 2 is 1.42 bits per heavy atom. The largest absolute Gasteiger partial charge is 0.497 e. The molecular formula is C19H20O3S2. The SMILES string of the molecule is COc1ccc(C(=O)CC2(c3ccc(OC)cc3)SCCS2)cc1. The molecule has 3 rings (SSSR count). The Hall–Kier alpha value is -1.59. The van der Waals surface area contributed by atoms with E-state index in [0.717, 1.165) is 28.6 Å². The van der Waals surface area contributed by atoms with Crippen molar-refractivity contribution in [1.82, 2.24) is 0 Å². The molecule has 0 radical (unpaired) electrons. The maximum Gasteiger partial charge on any atom is 0.165 e. The second-order valence-electron chi connectivity index (χ2n) is 5.51. The summed E-state index contributed by atoms with van der Waals surface area (Å²) in [5, 5.41) is 0. The summed E-state index contributed by atoms with van der Waals surface area (Å²) < 4.78 is 10.2. The summed E-state index contributed by atoms with van der Waals surface area (Å²) in [4.78, 5) is 12.8. The zero-order valence-corrected chi connectivity index (χ0v) is 15.4. The first-order valence-corrected chi connectivity index (χ1v) is 9.74. The molecule has 0 saturated carbocycles. The predicted octanol–water partition coefficient (Wildman–Crippen LogP) is 4.61. The van der Waals surface area contributed by atoms with Gasteiger partial charge in [0.25, 0.3) is 0 Å². The van der Waals surface area contributed by atoms with Crippen LogP contribution in [0.4, 0.5) is 0 Å². The van der Waals surface area contributed by atoms with E-state index in [9.17, 15) is 4.79 Å². The van der Waals surface area contributed by atoms with Crippen LogP contribution in [-0.2, 0) is 4.08 Å². The van der Waals surface area contributed by atoms with Gasteiger partial charge in [-0.3, -0.25) is 4.79 Å². The topological polar surface area (TPSA) is 35.5 Å². The number of ketones is 1. The lowest BCUT2D eigenvalue weighted by Gasteiger charge is -2.27. The smallest absolute Gasteiger partial charge is 0.165 e. The minimum Gasteiger partial charge on any atom is -0.497 e. The molecule has 1 saturated heterocycles. The molecule has 1 aliphatic heterocycles. The number of carbonyl (C=O) groups is 1. The summed E-state index contributed by atoms with van der Waals surface area (Å²) in [6, 6.07) is 15.4. The zero-order chi connectivity index (χ0) is 17.0. The highest BCUT2D eigenvalue weighted by molar-refractivity contribution is 8.20. The van der Waals surface area contributed by atoms with Crippen molar-refractivity contribution < 1.29 is 14.3 Å². The number of hydrogen-bond donors (Lipinski definition) is 0. The lowest BCUT2D eigenvalue weighted by molar-refractivity contribution is 0.0979. The summed E-state index contributed by atoms with van der Waals surface area (Å²) in [6.45, 7) is 0. The molecule has 2 aromatic carbocycles. The molecule has 0 spiro atoms. The molecule has 0 unspecified atom stereocenters. The summed E-state index contributed by atoms with van der Waals surface area (Å²) in [7, 11) is 3.29. The van der Waals surface area contributed by atoms with Gasteiger partial charge in [0.15, 0.2) is 5.78 Å². The zero-order valence-electron chi connectivity index (χ0n) is 13.8. The monoisotopic (exact) mass is 360 g/mol. The average Bonchev–Trinajstić information content (AvgIpc) is 3.11. The Kier molecular flexibility index (Phi) is 5.41. The van der Waals surface area contributed by atoms with Crippen LogP contribution >= 0.6 is 23.5 Å². The predicted molar refractivity (Wildman–Crippen MR) is 102 cm³/mol. The maximum atomic E-state index is 12.8. The van der Waals surface area contributed by atoms with E-state index >= 15 is 0 Å². The Morgan fingerprint density at radius 1 is 0.917 bits per heavy atom. The van der Waals surface area contributed by atoms with Crippen LogP contribution < -0.4 is 9.47 Å². The van der Waals surface area contributed by atoms with E-state index in [1.54, 1.807) is 14.2 Å². The van der Waals surface area contributed by atoms with Crippen LogP contribution in [0.2, 0.25) is 0 Å². The average molecular weight is 361 g/mol. The van der Waals surface area contributed by atoms with Crippen molar-refractivity contribution in [2.75, 3.05) is 25.7 Å². The molecule has 0 bridgehead atoms. The van der Waals surface area contributed by atoms with Crippen LogP contribution in [0.1, 0.15) is 22.3 Å². The number of rotatable bonds is 6. The maximum absolute atomic E-state index is 12.8. The van der Waals surface area contributed by atoms with Gasteiger partial charge in [-0.2, -0.15) is 0 Å².